The molecule has 4 nitrogen and oxygen atoms in total. The molecule has 0 amide bonds. The summed E-state index contributed by atoms with van der Waals surface area (Å²) < 4.78 is 22.7. The normalized spacial score (nSPS) is 21.1. The van der Waals surface area contributed by atoms with Gasteiger partial charge in [-0.25, -0.2) is 9.37 Å². The van der Waals surface area contributed by atoms with Crippen LogP contribution in [0.4, 0.5) is 4.39 Å². The van der Waals surface area contributed by atoms with Crippen molar-refractivity contribution in [2.45, 2.75) is 57.1 Å². The minimum absolute atomic E-state index is 0.0704. The van der Waals surface area contributed by atoms with E-state index in [1.807, 2.05) is 18.3 Å². The first-order valence-corrected chi connectivity index (χ1v) is 10.1. The summed E-state index contributed by atoms with van der Waals surface area (Å²) in [7, 11) is 0. The van der Waals surface area contributed by atoms with Crippen LogP contribution < -0.4 is 0 Å². The van der Waals surface area contributed by atoms with E-state index in [1.54, 1.807) is 6.07 Å². The van der Waals surface area contributed by atoms with Crippen LogP contribution in [0.3, 0.4) is 0 Å². The molecule has 1 aromatic carbocycles. The lowest BCUT2D eigenvalue weighted by Crippen LogP contribution is -2.14. The van der Waals surface area contributed by atoms with Crippen molar-refractivity contribution in [3.05, 3.63) is 48.0 Å². The average molecular weight is 365 g/mol. The van der Waals surface area contributed by atoms with Gasteiger partial charge in [0, 0.05) is 12.6 Å². The molecule has 5 heteroatoms. The van der Waals surface area contributed by atoms with Gasteiger partial charge in [-0.1, -0.05) is 31.4 Å². The Morgan fingerprint density at radius 2 is 1.89 bits per heavy atom. The molecule has 0 spiro atoms. The molecule has 3 aromatic rings. The Hall–Kier alpha value is -2.27. The molecule has 2 aromatic heterocycles. The number of rotatable bonds is 3. The second-order valence-corrected chi connectivity index (χ2v) is 7.68. The van der Waals surface area contributed by atoms with Crippen molar-refractivity contribution in [2.75, 3.05) is 6.61 Å². The van der Waals surface area contributed by atoms with Crippen molar-refractivity contribution in [3.63, 3.8) is 0 Å². The number of aromatic nitrogens is 3. The smallest absolute Gasteiger partial charge is 0.144 e. The maximum atomic E-state index is 14.6. The number of hydrogen-bond donors (Lipinski definition) is 0. The zero-order chi connectivity index (χ0) is 18.2. The molecule has 140 valence electrons. The summed E-state index contributed by atoms with van der Waals surface area (Å²) >= 11 is 0. The molecule has 0 N–H and O–H groups in total. The SMILES string of the molecule is Fc1ccccc1-c1nc2cnc(C3CCCO3)cc2n1C1CCCCC1. The Bertz CT molecular complexity index is 955. The van der Waals surface area contributed by atoms with Gasteiger partial charge in [-0.3, -0.25) is 4.98 Å². The molecule has 2 aliphatic rings. The Kier molecular flexibility index (Phi) is 4.40. The van der Waals surface area contributed by atoms with Crippen molar-refractivity contribution in [2.24, 2.45) is 0 Å². The molecule has 1 aliphatic heterocycles. The van der Waals surface area contributed by atoms with E-state index in [9.17, 15) is 4.39 Å². The van der Waals surface area contributed by atoms with Crippen molar-refractivity contribution in [1.82, 2.24) is 14.5 Å². The Labute approximate surface area is 158 Å². The van der Waals surface area contributed by atoms with Crippen LogP contribution in [0, 0.1) is 5.82 Å². The fourth-order valence-corrected chi connectivity index (χ4v) is 4.54. The number of pyridine rings is 1. The summed E-state index contributed by atoms with van der Waals surface area (Å²) in [5, 5.41) is 0. The van der Waals surface area contributed by atoms with Gasteiger partial charge in [-0.15, -0.1) is 0 Å². The monoisotopic (exact) mass is 365 g/mol. The lowest BCUT2D eigenvalue weighted by molar-refractivity contribution is 0.109. The molecule has 27 heavy (non-hydrogen) atoms. The zero-order valence-electron chi connectivity index (χ0n) is 15.4. The molecule has 1 unspecified atom stereocenters. The number of hydrogen-bond acceptors (Lipinski definition) is 3. The van der Waals surface area contributed by atoms with Crippen LogP contribution in [0.2, 0.25) is 0 Å². The predicted octanol–water partition coefficient (Wildman–Crippen LogP) is 5.59. The zero-order valence-corrected chi connectivity index (χ0v) is 15.4. The lowest BCUT2D eigenvalue weighted by Gasteiger charge is -2.26. The van der Waals surface area contributed by atoms with E-state index >= 15 is 0 Å². The summed E-state index contributed by atoms with van der Waals surface area (Å²) in [6.07, 6.45) is 9.92. The Morgan fingerprint density at radius 3 is 2.67 bits per heavy atom. The highest BCUT2D eigenvalue weighted by molar-refractivity contribution is 5.80. The van der Waals surface area contributed by atoms with Gasteiger partial charge in [0.2, 0.25) is 0 Å². The van der Waals surface area contributed by atoms with Gasteiger partial charge in [0.25, 0.3) is 0 Å². The van der Waals surface area contributed by atoms with E-state index in [0.29, 0.717) is 11.6 Å². The molecule has 1 aliphatic carbocycles. The van der Waals surface area contributed by atoms with Gasteiger partial charge in [-0.2, -0.15) is 0 Å². The van der Waals surface area contributed by atoms with Crippen molar-refractivity contribution < 1.29 is 9.13 Å². The van der Waals surface area contributed by atoms with Gasteiger partial charge < -0.3 is 9.30 Å². The number of ether oxygens (including phenoxy) is 1. The molecule has 5 rings (SSSR count). The minimum Gasteiger partial charge on any atom is -0.372 e. The fraction of sp³-hybridized carbons (Fsp3) is 0.455. The number of fused-ring (bicyclic) bond motifs is 1. The second kappa shape index (κ2) is 7.04. The molecular formula is C22H24FN3O. The van der Waals surface area contributed by atoms with E-state index < -0.39 is 0 Å². The molecule has 0 radical (unpaired) electrons. The van der Waals surface area contributed by atoms with Crippen LogP contribution in [0.1, 0.15) is 62.8 Å². The summed E-state index contributed by atoms with van der Waals surface area (Å²) in [5.74, 6) is 0.499. The Balaban J connectivity index is 1.69. The summed E-state index contributed by atoms with van der Waals surface area (Å²) in [5.41, 5.74) is 3.43. The summed E-state index contributed by atoms with van der Waals surface area (Å²) in [6.45, 7) is 0.798. The number of benzene rings is 1. The van der Waals surface area contributed by atoms with E-state index in [-0.39, 0.29) is 11.9 Å². The third-order valence-corrected chi connectivity index (χ3v) is 5.91. The molecular weight excluding hydrogens is 341 g/mol. The second-order valence-electron chi connectivity index (χ2n) is 7.68. The maximum absolute atomic E-state index is 14.6. The van der Waals surface area contributed by atoms with E-state index in [0.717, 1.165) is 54.8 Å². The van der Waals surface area contributed by atoms with Gasteiger partial charge >= 0.3 is 0 Å². The van der Waals surface area contributed by atoms with Gasteiger partial charge in [0.15, 0.2) is 0 Å². The van der Waals surface area contributed by atoms with Crippen molar-refractivity contribution >= 4 is 11.0 Å². The molecule has 1 saturated heterocycles. The van der Waals surface area contributed by atoms with Crippen LogP contribution in [0.15, 0.2) is 36.5 Å². The number of nitrogens with zero attached hydrogens (tertiary/aromatic N) is 3. The topological polar surface area (TPSA) is 39.9 Å². The van der Waals surface area contributed by atoms with E-state index in [1.165, 1.54) is 25.3 Å². The Morgan fingerprint density at radius 1 is 1.04 bits per heavy atom. The van der Waals surface area contributed by atoms with Crippen LogP contribution in [0.25, 0.3) is 22.4 Å². The molecule has 2 fully saturated rings. The highest BCUT2D eigenvalue weighted by atomic mass is 19.1. The van der Waals surface area contributed by atoms with Crippen LogP contribution >= 0.6 is 0 Å². The van der Waals surface area contributed by atoms with Crippen molar-refractivity contribution in [3.8, 4) is 11.4 Å². The number of imidazole rings is 1. The predicted molar refractivity (Wildman–Crippen MR) is 103 cm³/mol. The van der Waals surface area contributed by atoms with Crippen molar-refractivity contribution in [1.29, 1.82) is 0 Å². The summed E-state index contributed by atoms with van der Waals surface area (Å²) in [6, 6.07) is 9.41. The van der Waals surface area contributed by atoms with Gasteiger partial charge in [-0.05, 0) is 43.9 Å². The third-order valence-electron chi connectivity index (χ3n) is 5.91. The standard InChI is InChI=1S/C22H24FN3O/c23-17-10-5-4-9-16(17)22-25-19-14-24-18(21-11-6-12-27-21)13-20(19)26(22)15-7-2-1-3-8-15/h4-5,9-10,13-15,21H,1-3,6-8,11-12H2. The van der Waals surface area contributed by atoms with Crippen LogP contribution in [-0.2, 0) is 4.74 Å². The first kappa shape index (κ1) is 16.9. The van der Waals surface area contributed by atoms with E-state index in [4.69, 9.17) is 9.72 Å². The largest absolute Gasteiger partial charge is 0.372 e. The maximum Gasteiger partial charge on any atom is 0.144 e. The molecule has 3 heterocycles. The van der Waals surface area contributed by atoms with Gasteiger partial charge in [0.1, 0.15) is 17.2 Å². The first-order chi connectivity index (χ1) is 13.3. The average Bonchev–Trinajstić information content (AvgIpc) is 3.36. The quantitative estimate of drug-likeness (QED) is 0.607. The van der Waals surface area contributed by atoms with Gasteiger partial charge in [0.05, 0.1) is 29.1 Å². The number of halogens is 1. The highest BCUT2D eigenvalue weighted by Crippen LogP contribution is 2.37. The van der Waals surface area contributed by atoms with E-state index in [2.05, 4.69) is 15.6 Å². The van der Waals surface area contributed by atoms with Crippen LogP contribution in [0.5, 0.6) is 0 Å². The van der Waals surface area contributed by atoms with Crippen LogP contribution in [-0.4, -0.2) is 21.1 Å². The fourth-order valence-electron chi connectivity index (χ4n) is 4.54. The summed E-state index contributed by atoms with van der Waals surface area (Å²) in [4.78, 5) is 9.42. The molecule has 1 saturated carbocycles. The highest BCUT2D eigenvalue weighted by Gasteiger charge is 2.26. The lowest BCUT2D eigenvalue weighted by atomic mass is 9.94. The third kappa shape index (κ3) is 3.04. The molecule has 0 bridgehead atoms. The minimum atomic E-state index is -0.225. The molecule has 1 atom stereocenters. The first-order valence-electron chi connectivity index (χ1n) is 10.1.